The van der Waals surface area contributed by atoms with Gasteiger partial charge < -0.3 is 24.4 Å². The molecule has 2 saturated heterocycles. The molecule has 0 aromatic carbocycles. The van der Waals surface area contributed by atoms with Crippen LogP contribution in [0.2, 0.25) is 5.15 Å². The number of piperazine rings is 1. The number of hydrogen-bond donors (Lipinski definition) is 0. The third-order valence-electron chi connectivity index (χ3n) is 4.66. The van der Waals surface area contributed by atoms with Crippen LogP contribution in [0, 0.1) is 15.3 Å². The van der Waals surface area contributed by atoms with E-state index in [9.17, 15) is 20.1 Å². The van der Waals surface area contributed by atoms with Crippen molar-refractivity contribution in [1.82, 2.24) is 19.5 Å². The number of aromatic nitrogens is 2. The van der Waals surface area contributed by atoms with Gasteiger partial charge in [0.1, 0.15) is 0 Å². The Morgan fingerprint density at radius 2 is 1.93 bits per heavy atom. The highest BCUT2D eigenvalue weighted by Gasteiger charge is 2.38. The van der Waals surface area contributed by atoms with Crippen molar-refractivity contribution in [2.75, 3.05) is 62.3 Å². The second kappa shape index (κ2) is 8.64. The van der Waals surface area contributed by atoms with E-state index in [0.29, 0.717) is 44.3 Å². The van der Waals surface area contributed by atoms with E-state index in [4.69, 9.17) is 16.3 Å². The first-order valence-corrected chi connectivity index (χ1v) is 10.4. The summed E-state index contributed by atoms with van der Waals surface area (Å²) in [4.78, 5) is 34.3. The number of hydrogen-bond acceptors (Lipinski definition) is 9. The predicted molar refractivity (Wildman–Crippen MR) is 107 cm³/mol. The molecule has 0 spiro atoms. The average Bonchev–Trinajstić information content (AvgIpc) is 2.68. The van der Waals surface area contributed by atoms with Gasteiger partial charge in [0.15, 0.2) is 0 Å². The van der Waals surface area contributed by atoms with Crippen LogP contribution in [0.3, 0.4) is 0 Å². The normalized spacial score (nSPS) is 19.4. The second-order valence-corrected chi connectivity index (χ2v) is 7.95. The quantitative estimate of drug-likeness (QED) is 0.230. The van der Waals surface area contributed by atoms with Crippen molar-refractivity contribution in [3.05, 3.63) is 20.5 Å². The molecule has 0 aliphatic carbocycles. The number of anilines is 1. The average molecular weight is 433 g/mol. The lowest BCUT2D eigenvalue weighted by Gasteiger charge is -2.43. The minimum Gasteiger partial charge on any atom is -0.626 e. The molecule has 13 heteroatoms. The first-order chi connectivity index (χ1) is 13.4. The third kappa shape index (κ3) is 4.24. The van der Waals surface area contributed by atoms with Crippen LogP contribution in [0.25, 0.3) is 0 Å². The molecular weight excluding hydrogens is 412 g/mol. The lowest BCUT2D eigenvalue weighted by molar-refractivity contribution is -0.385. The molecule has 0 bridgehead atoms. The molecule has 1 aromatic rings. The van der Waals surface area contributed by atoms with Gasteiger partial charge in [-0.1, -0.05) is 11.6 Å². The van der Waals surface area contributed by atoms with Crippen molar-refractivity contribution < 1.29 is 14.5 Å². The fraction of sp³-hybridized carbons (Fsp3) is 0.667. The Labute approximate surface area is 170 Å². The molecule has 154 valence electrons. The Morgan fingerprint density at radius 3 is 2.50 bits per heavy atom. The number of nitrogens with zero attached hydrogens (tertiary/aromatic N) is 6. The zero-order valence-electron chi connectivity index (χ0n) is 15.4. The number of thioether (sulfide) groups is 1. The number of nitro groups is 1. The molecule has 0 unspecified atom stereocenters. The van der Waals surface area contributed by atoms with E-state index in [1.165, 1.54) is 0 Å². The Balaban J connectivity index is 1.87. The van der Waals surface area contributed by atoms with Gasteiger partial charge in [0.25, 0.3) is 0 Å². The molecule has 1 amide bonds. The predicted octanol–water partition coefficient (Wildman–Crippen LogP) is 1.87. The Kier molecular flexibility index (Phi) is 6.43. The molecule has 28 heavy (non-hydrogen) atoms. The zero-order chi connectivity index (χ0) is 20.3. The number of rotatable bonds is 4. The maximum Gasteiger partial charge on any atom is 0.409 e. The van der Waals surface area contributed by atoms with E-state index in [1.807, 2.05) is 0 Å². The molecule has 1 aromatic heterocycles. The van der Waals surface area contributed by atoms with Crippen molar-refractivity contribution in [3.8, 4) is 0 Å². The van der Waals surface area contributed by atoms with Gasteiger partial charge in [-0.15, -0.1) is 0 Å². The summed E-state index contributed by atoms with van der Waals surface area (Å²) in [5.74, 6) is 1.15. The van der Waals surface area contributed by atoms with Gasteiger partial charge in [0, 0.05) is 37.7 Å². The van der Waals surface area contributed by atoms with E-state index in [-0.39, 0.29) is 36.1 Å². The van der Waals surface area contributed by atoms with Crippen LogP contribution in [-0.2, 0) is 4.74 Å². The fourth-order valence-electron chi connectivity index (χ4n) is 3.14. The monoisotopic (exact) mass is 432 g/mol. The van der Waals surface area contributed by atoms with Gasteiger partial charge in [-0.2, -0.15) is 21.7 Å². The van der Waals surface area contributed by atoms with Gasteiger partial charge in [0.05, 0.1) is 24.6 Å². The Bertz CT molecular complexity index is 755. The standard InChI is InChI=1S/C15H21ClN6O5S/c1-2-27-15(23)20-5-3-19(4-6-20)14-17-12(16)11(21(24)25)13(18-14)22(26)7-9-28-10-8-22/h2-10H2,1H3. The summed E-state index contributed by atoms with van der Waals surface area (Å²) in [7, 11) is 0. The van der Waals surface area contributed by atoms with Crippen LogP contribution in [0.1, 0.15) is 6.92 Å². The minimum absolute atomic E-state index is 0.167. The van der Waals surface area contributed by atoms with Crippen LogP contribution >= 0.6 is 23.4 Å². The molecule has 2 aliphatic rings. The molecule has 0 radical (unpaired) electrons. The number of hydroxylamine groups is 2. The highest BCUT2D eigenvalue weighted by Crippen LogP contribution is 2.39. The summed E-state index contributed by atoms with van der Waals surface area (Å²) in [5.41, 5.74) is -0.530. The van der Waals surface area contributed by atoms with Crippen molar-refractivity contribution in [2.24, 2.45) is 0 Å². The summed E-state index contributed by atoms with van der Waals surface area (Å²) in [6.45, 7) is 4.00. The highest BCUT2D eigenvalue weighted by atomic mass is 35.5. The van der Waals surface area contributed by atoms with Crippen LogP contribution in [-0.4, -0.2) is 83.3 Å². The molecule has 3 heterocycles. The van der Waals surface area contributed by atoms with E-state index in [0.717, 1.165) is 0 Å². The first-order valence-electron chi connectivity index (χ1n) is 8.90. The van der Waals surface area contributed by atoms with Gasteiger partial charge in [0.2, 0.25) is 11.1 Å². The molecule has 0 N–H and O–H groups in total. The van der Waals surface area contributed by atoms with E-state index in [2.05, 4.69) is 9.97 Å². The SMILES string of the molecule is CCOC(=O)N1CCN(c2nc(Cl)c([N+](=O)[O-])c([N+]3([O-])CCSCC3)n2)CC1. The number of amides is 1. The Morgan fingerprint density at radius 1 is 1.29 bits per heavy atom. The lowest BCUT2D eigenvalue weighted by Crippen LogP contribution is -2.51. The molecule has 11 nitrogen and oxygen atoms in total. The zero-order valence-corrected chi connectivity index (χ0v) is 16.9. The maximum absolute atomic E-state index is 13.2. The Hall–Kier alpha value is -1.89. The van der Waals surface area contributed by atoms with Crippen molar-refractivity contribution in [3.63, 3.8) is 0 Å². The summed E-state index contributed by atoms with van der Waals surface area (Å²) >= 11 is 7.72. The van der Waals surface area contributed by atoms with Gasteiger partial charge >= 0.3 is 17.6 Å². The summed E-state index contributed by atoms with van der Waals surface area (Å²) in [6, 6.07) is 0. The largest absolute Gasteiger partial charge is 0.626 e. The smallest absolute Gasteiger partial charge is 0.409 e. The molecule has 2 fully saturated rings. The highest BCUT2D eigenvalue weighted by molar-refractivity contribution is 7.99. The molecule has 3 rings (SSSR count). The summed E-state index contributed by atoms with van der Waals surface area (Å²) in [5, 5.41) is 24.4. The minimum atomic E-state index is -0.888. The van der Waals surface area contributed by atoms with Gasteiger partial charge in [-0.05, 0) is 6.92 Å². The first kappa shape index (κ1) is 20.8. The van der Waals surface area contributed by atoms with E-state index in [1.54, 1.807) is 28.5 Å². The van der Waals surface area contributed by atoms with Crippen LogP contribution < -0.4 is 9.55 Å². The summed E-state index contributed by atoms with van der Waals surface area (Å²) < 4.78 is 4.10. The van der Waals surface area contributed by atoms with Crippen molar-refractivity contribution in [1.29, 1.82) is 0 Å². The van der Waals surface area contributed by atoms with Crippen LogP contribution in [0.5, 0.6) is 0 Å². The molecule has 0 atom stereocenters. The fourth-order valence-corrected chi connectivity index (χ4v) is 4.42. The number of carbonyl (C=O) groups is 1. The topological polar surface area (TPSA) is 125 Å². The van der Waals surface area contributed by atoms with Crippen LogP contribution in [0.15, 0.2) is 0 Å². The molecule has 0 saturated carbocycles. The van der Waals surface area contributed by atoms with Crippen molar-refractivity contribution >= 4 is 46.9 Å². The van der Waals surface area contributed by atoms with Crippen LogP contribution in [0.4, 0.5) is 22.2 Å². The number of halogens is 1. The third-order valence-corrected chi connectivity index (χ3v) is 5.87. The molecule has 2 aliphatic heterocycles. The van der Waals surface area contributed by atoms with Gasteiger partial charge in [-0.3, -0.25) is 10.1 Å². The lowest BCUT2D eigenvalue weighted by atomic mass is 10.3. The van der Waals surface area contributed by atoms with E-state index >= 15 is 0 Å². The second-order valence-electron chi connectivity index (χ2n) is 6.37. The molecular formula is C15H21ClN6O5S. The number of quaternary nitrogens is 1. The van der Waals surface area contributed by atoms with Crippen molar-refractivity contribution in [2.45, 2.75) is 6.92 Å². The number of ether oxygens (including phenoxy) is 1. The maximum atomic E-state index is 13.2. The summed E-state index contributed by atoms with van der Waals surface area (Å²) in [6.07, 6.45) is -0.389. The number of carbonyl (C=O) groups excluding carboxylic acids is 1. The van der Waals surface area contributed by atoms with Gasteiger partial charge in [-0.25, -0.2) is 4.79 Å². The van der Waals surface area contributed by atoms with E-state index < -0.39 is 15.3 Å².